The molecule has 0 aromatic carbocycles. The molecule has 0 aromatic rings. The van der Waals surface area contributed by atoms with E-state index in [1.54, 1.807) is 0 Å². The summed E-state index contributed by atoms with van der Waals surface area (Å²) < 4.78 is 26.3. The summed E-state index contributed by atoms with van der Waals surface area (Å²) in [6, 6.07) is 0. The van der Waals surface area contributed by atoms with Gasteiger partial charge in [0.1, 0.15) is 6.61 Å². The van der Waals surface area contributed by atoms with Crippen molar-refractivity contribution < 1.29 is 43.0 Å². The highest BCUT2D eigenvalue weighted by Gasteiger charge is 2.22. The van der Waals surface area contributed by atoms with Gasteiger partial charge < -0.3 is 24.4 Å². The summed E-state index contributed by atoms with van der Waals surface area (Å²) in [5.41, 5.74) is 0. The molecular formula is C44H79O9P. The minimum Gasteiger partial charge on any atom is -0.462 e. The van der Waals surface area contributed by atoms with E-state index in [1.165, 1.54) is 83.5 Å². The van der Waals surface area contributed by atoms with Crippen LogP contribution in [0.3, 0.4) is 0 Å². The molecule has 1 unspecified atom stereocenters. The van der Waals surface area contributed by atoms with Gasteiger partial charge in [0.15, 0.2) is 6.10 Å². The van der Waals surface area contributed by atoms with Gasteiger partial charge in [-0.3, -0.25) is 14.1 Å². The van der Waals surface area contributed by atoms with Crippen molar-refractivity contribution in [1.29, 1.82) is 0 Å². The number of carbonyl (C=O) groups is 2. The third kappa shape index (κ3) is 39.7. The zero-order valence-electron chi connectivity index (χ0n) is 34.4. The first-order valence-corrected chi connectivity index (χ1v) is 22.9. The van der Waals surface area contributed by atoms with Gasteiger partial charge in [0, 0.05) is 12.8 Å². The fourth-order valence-electron chi connectivity index (χ4n) is 5.79. The molecule has 0 bridgehead atoms. The molecule has 3 N–H and O–H groups in total. The minimum atomic E-state index is -4.78. The van der Waals surface area contributed by atoms with E-state index in [0.29, 0.717) is 19.3 Å². The van der Waals surface area contributed by atoms with E-state index in [9.17, 15) is 19.3 Å². The van der Waals surface area contributed by atoms with Crippen LogP contribution in [0.25, 0.3) is 0 Å². The van der Waals surface area contributed by atoms with Crippen molar-refractivity contribution in [3.8, 4) is 0 Å². The van der Waals surface area contributed by atoms with Gasteiger partial charge in [0.2, 0.25) is 0 Å². The highest BCUT2D eigenvalue weighted by Crippen LogP contribution is 2.36. The molecule has 0 aliphatic rings. The van der Waals surface area contributed by atoms with Crippen LogP contribution in [-0.2, 0) is 28.2 Å². The normalized spacial score (nSPS) is 14.1. The van der Waals surface area contributed by atoms with Crippen molar-refractivity contribution in [2.75, 3.05) is 13.2 Å². The molecule has 54 heavy (non-hydrogen) atoms. The molecule has 0 heterocycles. The van der Waals surface area contributed by atoms with Crippen LogP contribution in [0.2, 0.25) is 0 Å². The number of hydrogen-bond donors (Lipinski definition) is 3. The number of aliphatic hydroxyl groups is 1. The third-order valence-corrected chi connectivity index (χ3v) is 10.0. The molecular weight excluding hydrogens is 703 g/mol. The second-order valence-electron chi connectivity index (χ2n) is 14.7. The molecule has 0 amide bonds. The first-order chi connectivity index (χ1) is 26.1. The zero-order valence-corrected chi connectivity index (χ0v) is 35.3. The Kier molecular flexibility index (Phi) is 36.4. The Morgan fingerprint density at radius 2 is 1.04 bits per heavy atom. The van der Waals surface area contributed by atoms with Gasteiger partial charge in [-0.2, -0.15) is 0 Å². The fraction of sp³-hybridized carbons (Fsp3) is 0.773. The maximum Gasteiger partial charge on any atom is 0.469 e. The first kappa shape index (κ1) is 52.0. The molecule has 0 saturated carbocycles. The average Bonchev–Trinajstić information content (AvgIpc) is 3.14. The van der Waals surface area contributed by atoms with Gasteiger partial charge in [-0.25, -0.2) is 4.57 Å². The highest BCUT2D eigenvalue weighted by molar-refractivity contribution is 7.46. The first-order valence-electron chi connectivity index (χ1n) is 21.4. The Bertz CT molecular complexity index is 1050. The lowest BCUT2D eigenvalue weighted by Gasteiger charge is -2.18. The van der Waals surface area contributed by atoms with Gasteiger partial charge in [0.05, 0.1) is 12.7 Å². The lowest BCUT2D eigenvalue weighted by atomic mass is 9.99. The van der Waals surface area contributed by atoms with Crippen LogP contribution in [0.1, 0.15) is 188 Å². The predicted molar refractivity (Wildman–Crippen MR) is 222 cm³/mol. The van der Waals surface area contributed by atoms with Crippen molar-refractivity contribution in [2.24, 2.45) is 5.92 Å². The van der Waals surface area contributed by atoms with Crippen molar-refractivity contribution in [3.63, 3.8) is 0 Å². The molecule has 0 rings (SSSR count). The number of rotatable bonds is 38. The number of esters is 2. The molecule has 314 valence electrons. The lowest BCUT2D eigenvalue weighted by molar-refractivity contribution is -0.161. The number of unbranched alkanes of at least 4 members (excludes halogenated alkanes) is 14. The van der Waals surface area contributed by atoms with E-state index in [0.717, 1.165) is 57.3 Å². The van der Waals surface area contributed by atoms with Crippen LogP contribution < -0.4 is 0 Å². The fourth-order valence-corrected chi connectivity index (χ4v) is 6.15. The summed E-state index contributed by atoms with van der Waals surface area (Å²) >= 11 is 0. The summed E-state index contributed by atoms with van der Waals surface area (Å²) in [6.45, 7) is 5.74. The monoisotopic (exact) mass is 783 g/mol. The van der Waals surface area contributed by atoms with Crippen molar-refractivity contribution in [1.82, 2.24) is 0 Å². The molecule has 0 spiro atoms. The largest absolute Gasteiger partial charge is 0.469 e. The Labute approximate surface area is 329 Å². The average molecular weight is 783 g/mol. The number of phosphoric ester groups is 1. The topological polar surface area (TPSA) is 140 Å². The number of allylic oxidation sites excluding steroid dienone is 8. The third-order valence-electron chi connectivity index (χ3n) is 9.55. The zero-order chi connectivity index (χ0) is 40.0. The quantitative estimate of drug-likeness (QED) is 0.0242. The molecule has 0 aromatic heterocycles. The highest BCUT2D eigenvalue weighted by atomic mass is 31.2. The Hall–Kier alpha value is -2.03. The summed E-state index contributed by atoms with van der Waals surface area (Å²) in [5.74, 6) is -0.0884. The van der Waals surface area contributed by atoms with Crippen LogP contribution >= 0.6 is 7.82 Å². The minimum absolute atomic E-state index is 0.123. The van der Waals surface area contributed by atoms with Gasteiger partial charge in [-0.1, -0.05) is 166 Å². The molecule has 3 atom stereocenters. The molecule has 0 aliphatic heterocycles. The molecule has 0 aliphatic carbocycles. The molecule has 0 saturated heterocycles. The maximum atomic E-state index is 12.4. The number of aliphatic hydroxyl groups excluding tert-OH is 1. The number of carbonyl (C=O) groups excluding carboxylic acids is 2. The predicted octanol–water partition coefficient (Wildman–Crippen LogP) is 12.0. The van der Waals surface area contributed by atoms with E-state index in [-0.39, 0.29) is 25.6 Å². The van der Waals surface area contributed by atoms with E-state index in [1.807, 2.05) is 19.1 Å². The summed E-state index contributed by atoms with van der Waals surface area (Å²) in [6.07, 6.45) is 42.1. The molecule has 0 fully saturated rings. The van der Waals surface area contributed by atoms with Crippen molar-refractivity contribution in [2.45, 2.75) is 200 Å². The van der Waals surface area contributed by atoms with Gasteiger partial charge in [0.25, 0.3) is 0 Å². The van der Waals surface area contributed by atoms with E-state index in [2.05, 4.69) is 54.8 Å². The van der Waals surface area contributed by atoms with Gasteiger partial charge in [-0.05, 0) is 63.7 Å². The van der Waals surface area contributed by atoms with Crippen molar-refractivity contribution in [3.05, 3.63) is 48.6 Å². The second kappa shape index (κ2) is 37.9. The van der Waals surface area contributed by atoms with Crippen LogP contribution in [0.5, 0.6) is 0 Å². The number of ether oxygens (including phenoxy) is 2. The van der Waals surface area contributed by atoms with Crippen LogP contribution in [-0.4, -0.2) is 52.3 Å². The lowest BCUT2D eigenvalue weighted by Crippen LogP contribution is -2.29. The van der Waals surface area contributed by atoms with E-state index in [4.69, 9.17) is 19.3 Å². The molecule has 10 heteroatoms. The Morgan fingerprint density at radius 3 is 1.54 bits per heavy atom. The SMILES string of the molecule is CCC(C)CCCCCCCCCCCCCCCCC(=O)OC[C@H](COP(=O)(O)O)OC(=O)CCC/C=C\C/C=C\C/C=C\C/C=C\CC[C@H](O)CC. The van der Waals surface area contributed by atoms with Crippen molar-refractivity contribution >= 4 is 19.8 Å². The number of hydrogen-bond acceptors (Lipinski definition) is 7. The Morgan fingerprint density at radius 1 is 0.574 bits per heavy atom. The Balaban J connectivity index is 4.01. The smallest absolute Gasteiger partial charge is 0.462 e. The molecule has 9 nitrogen and oxygen atoms in total. The van der Waals surface area contributed by atoms with Gasteiger partial charge in [-0.15, -0.1) is 0 Å². The van der Waals surface area contributed by atoms with Crippen LogP contribution in [0, 0.1) is 5.92 Å². The van der Waals surface area contributed by atoms with E-state index < -0.39 is 32.5 Å². The van der Waals surface area contributed by atoms with Gasteiger partial charge >= 0.3 is 19.8 Å². The second-order valence-corrected chi connectivity index (χ2v) is 15.9. The van der Waals surface area contributed by atoms with Crippen LogP contribution in [0.15, 0.2) is 48.6 Å². The standard InChI is InChI=1S/C44H79O9P/c1-4-40(3)34-30-26-22-18-14-10-6-8-12-16-20-24-28-32-36-43(46)51-38-42(39-52-54(48,49)50)53-44(47)37-33-29-25-21-17-13-9-7-11-15-19-23-27-31-35-41(45)5-2/h9,11,13,15,21,23,25,27,40-42,45H,4-8,10,12,14,16-20,22,24,26,28-39H2,1-3H3,(H2,48,49,50)/b13-9-,15-11-,25-21-,27-23-/t40?,41-,42-/m1/s1. The summed E-state index contributed by atoms with van der Waals surface area (Å²) in [5, 5.41) is 9.54. The van der Waals surface area contributed by atoms with Crippen LogP contribution in [0.4, 0.5) is 0 Å². The number of phosphoric acid groups is 1. The van der Waals surface area contributed by atoms with E-state index >= 15 is 0 Å². The summed E-state index contributed by atoms with van der Waals surface area (Å²) in [4.78, 5) is 42.8. The maximum absolute atomic E-state index is 12.4. The molecule has 0 radical (unpaired) electrons. The summed E-state index contributed by atoms with van der Waals surface area (Å²) in [7, 11) is -4.78.